The summed E-state index contributed by atoms with van der Waals surface area (Å²) in [6.45, 7) is 3.70. The number of hydrogen-bond acceptors (Lipinski definition) is 4. The third-order valence-electron chi connectivity index (χ3n) is 2.18. The van der Waals surface area contributed by atoms with E-state index in [1.165, 1.54) is 6.07 Å². The van der Waals surface area contributed by atoms with Crippen molar-refractivity contribution in [3.8, 4) is 0 Å². The van der Waals surface area contributed by atoms with E-state index < -0.39 is 11.9 Å². The fourth-order valence-corrected chi connectivity index (χ4v) is 1.60. The number of amidine groups is 1. The summed E-state index contributed by atoms with van der Waals surface area (Å²) in [7, 11) is 0. The molecule has 0 aromatic carbocycles. The maximum absolute atomic E-state index is 11.8. The molecular formula is C10H14BrN3O3. The van der Waals surface area contributed by atoms with Crippen LogP contribution in [0.5, 0.6) is 0 Å². The number of rotatable bonds is 4. The normalized spacial score (nSPS) is 13.8. The van der Waals surface area contributed by atoms with Crippen molar-refractivity contribution in [3.05, 3.63) is 22.6 Å². The summed E-state index contributed by atoms with van der Waals surface area (Å²) in [5.41, 5.74) is 5.50. The van der Waals surface area contributed by atoms with E-state index >= 15 is 0 Å². The van der Waals surface area contributed by atoms with Gasteiger partial charge in [0.05, 0.1) is 6.04 Å². The second-order valence-corrected chi connectivity index (χ2v) is 4.61. The first kappa shape index (κ1) is 13.6. The molecule has 1 heterocycles. The number of amides is 1. The molecule has 1 rings (SSSR count). The van der Waals surface area contributed by atoms with Crippen molar-refractivity contribution in [2.75, 3.05) is 0 Å². The molecule has 0 spiro atoms. The zero-order chi connectivity index (χ0) is 13.0. The van der Waals surface area contributed by atoms with E-state index in [4.69, 9.17) is 15.4 Å². The van der Waals surface area contributed by atoms with Crippen LogP contribution < -0.4 is 11.1 Å². The van der Waals surface area contributed by atoms with Crippen molar-refractivity contribution in [3.63, 3.8) is 0 Å². The van der Waals surface area contributed by atoms with Gasteiger partial charge in [0, 0.05) is 0 Å². The highest BCUT2D eigenvalue weighted by molar-refractivity contribution is 9.10. The van der Waals surface area contributed by atoms with Gasteiger partial charge in [-0.05, 0) is 34.0 Å². The predicted molar refractivity (Wildman–Crippen MR) is 65.9 cm³/mol. The summed E-state index contributed by atoms with van der Waals surface area (Å²) in [4.78, 5) is 11.8. The largest absolute Gasteiger partial charge is 0.444 e. The Morgan fingerprint density at radius 1 is 1.59 bits per heavy atom. The Hall–Kier alpha value is -1.50. The molecule has 1 aromatic heterocycles. The summed E-state index contributed by atoms with van der Waals surface area (Å²) in [5.74, 6) is -0.304. The number of nitrogens with two attached hydrogens (primary N) is 1. The van der Waals surface area contributed by atoms with Crippen molar-refractivity contribution in [2.24, 2.45) is 16.8 Å². The van der Waals surface area contributed by atoms with Crippen LogP contribution in [0.15, 0.2) is 26.4 Å². The Labute approximate surface area is 107 Å². The van der Waals surface area contributed by atoms with Gasteiger partial charge in [-0.25, -0.2) is 0 Å². The quantitative estimate of drug-likeness (QED) is 0.340. The van der Waals surface area contributed by atoms with Gasteiger partial charge in [-0.1, -0.05) is 19.0 Å². The molecule has 6 nitrogen and oxygen atoms in total. The van der Waals surface area contributed by atoms with Crippen LogP contribution in [0, 0.1) is 5.92 Å². The zero-order valence-electron chi connectivity index (χ0n) is 9.48. The summed E-state index contributed by atoms with van der Waals surface area (Å²) in [5, 5.41) is 14.2. The van der Waals surface area contributed by atoms with Crippen LogP contribution in [0.1, 0.15) is 24.4 Å². The summed E-state index contributed by atoms with van der Waals surface area (Å²) >= 11 is 3.10. The van der Waals surface area contributed by atoms with E-state index in [0.29, 0.717) is 4.67 Å². The lowest BCUT2D eigenvalue weighted by Crippen LogP contribution is -2.47. The third-order valence-corrected chi connectivity index (χ3v) is 2.61. The van der Waals surface area contributed by atoms with E-state index in [1.54, 1.807) is 6.07 Å². The molecule has 0 saturated heterocycles. The maximum atomic E-state index is 11.8. The Balaban J connectivity index is 2.78. The average molecular weight is 304 g/mol. The van der Waals surface area contributed by atoms with E-state index in [2.05, 4.69) is 26.4 Å². The van der Waals surface area contributed by atoms with Crippen molar-refractivity contribution in [2.45, 2.75) is 19.9 Å². The van der Waals surface area contributed by atoms with Crippen LogP contribution in [0.2, 0.25) is 0 Å². The fourth-order valence-electron chi connectivity index (χ4n) is 1.29. The fraction of sp³-hybridized carbons (Fsp3) is 0.400. The molecule has 1 unspecified atom stereocenters. The van der Waals surface area contributed by atoms with Crippen LogP contribution in [0.3, 0.4) is 0 Å². The molecular weight excluding hydrogens is 290 g/mol. The highest BCUT2D eigenvalue weighted by atomic mass is 79.9. The predicted octanol–water partition coefficient (Wildman–Crippen LogP) is 1.54. The second-order valence-electron chi connectivity index (χ2n) is 3.82. The van der Waals surface area contributed by atoms with Crippen molar-refractivity contribution >= 4 is 27.7 Å². The number of nitrogens with one attached hydrogen (secondary N) is 1. The Kier molecular flexibility index (Phi) is 4.56. The molecule has 0 aliphatic rings. The van der Waals surface area contributed by atoms with Crippen LogP contribution in [-0.2, 0) is 0 Å². The average Bonchev–Trinajstić information content (AvgIpc) is 2.71. The first-order valence-corrected chi connectivity index (χ1v) is 5.78. The Morgan fingerprint density at radius 2 is 2.24 bits per heavy atom. The third kappa shape index (κ3) is 3.48. The molecule has 0 bridgehead atoms. The maximum Gasteiger partial charge on any atom is 0.287 e. The van der Waals surface area contributed by atoms with Crippen LogP contribution >= 0.6 is 15.9 Å². The van der Waals surface area contributed by atoms with Gasteiger partial charge >= 0.3 is 0 Å². The minimum absolute atomic E-state index is 0.00625. The lowest BCUT2D eigenvalue weighted by Gasteiger charge is -2.20. The molecule has 0 aliphatic heterocycles. The molecule has 4 N–H and O–H groups in total. The number of nitrogens with zero attached hydrogens (tertiary/aromatic N) is 1. The van der Waals surface area contributed by atoms with E-state index in [-0.39, 0.29) is 17.5 Å². The molecule has 0 fully saturated rings. The highest BCUT2D eigenvalue weighted by Crippen LogP contribution is 2.14. The van der Waals surface area contributed by atoms with Gasteiger partial charge in [0.15, 0.2) is 16.3 Å². The van der Waals surface area contributed by atoms with Gasteiger partial charge in [-0.15, -0.1) is 0 Å². The van der Waals surface area contributed by atoms with Gasteiger partial charge in [0.1, 0.15) is 0 Å². The molecule has 94 valence electrons. The van der Waals surface area contributed by atoms with Gasteiger partial charge in [-0.3, -0.25) is 4.79 Å². The summed E-state index contributed by atoms with van der Waals surface area (Å²) in [6, 6.07) is 2.60. The standard InChI is InChI=1S/C10H14BrN3O3/c1-5(2)8(9(12)14-16)13-10(15)6-3-4-7(11)17-6/h3-5,8,16H,1-2H3,(H2,12,14)(H,13,15). The van der Waals surface area contributed by atoms with Crippen LogP contribution in [0.25, 0.3) is 0 Å². The first-order chi connectivity index (χ1) is 7.95. The molecule has 1 aromatic rings. The number of halogens is 1. The van der Waals surface area contributed by atoms with E-state index in [9.17, 15) is 4.79 Å². The van der Waals surface area contributed by atoms with Crippen molar-refractivity contribution in [1.29, 1.82) is 0 Å². The van der Waals surface area contributed by atoms with Crippen molar-refractivity contribution < 1.29 is 14.4 Å². The Morgan fingerprint density at radius 3 is 2.65 bits per heavy atom. The number of oxime groups is 1. The van der Waals surface area contributed by atoms with Crippen LogP contribution in [0.4, 0.5) is 0 Å². The molecule has 1 amide bonds. The molecule has 0 aliphatic carbocycles. The summed E-state index contributed by atoms with van der Waals surface area (Å²) in [6.07, 6.45) is 0. The number of carbonyl (C=O) groups excluding carboxylic acids is 1. The monoisotopic (exact) mass is 303 g/mol. The molecule has 7 heteroatoms. The number of furan rings is 1. The SMILES string of the molecule is CC(C)C(NC(=O)c1ccc(Br)o1)C(N)=NO. The number of carbonyl (C=O) groups is 1. The van der Waals surface area contributed by atoms with E-state index in [1.807, 2.05) is 13.8 Å². The molecule has 1 atom stereocenters. The van der Waals surface area contributed by atoms with E-state index in [0.717, 1.165) is 0 Å². The first-order valence-electron chi connectivity index (χ1n) is 4.99. The minimum Gasteiger partial charge on any atom is -0.444 e. The molecule has 17 heavy (non-hydrogen) atoms. The van der Waals surface area contributed by atoms with Gasteiger partial charge < -0.3 is 20.7 Å². The molecule has 0 radical (unpaired) electrons. The lowest BCUT2D eigenvalue weighted by atomic mass is 10.0. The second kappa shape index (κ2) is 5.72. The smallest absolute Gasteiger partial charge is 0.287 e. The Bertz CT molecular complexity index is 428. The van der Waals surface area contributed by atoms with Gasteiger partial charge in [0.25, 0.3) is 5.91 Å². The topological polar surface area (TPSA) is 101 Å². The number of hydrogen-bond donors (Lipinski definition) is 3. The van der Waals surface area contributed by atoms with Crippen LogP contribution in [-0.4, -0.2) is 23.0 Å². The molecule has 0 saturated carbocycles. The zero-order valence-corrected chi connectivity index (χ0v) is 11.1. The van der Waals surface area contributed by atoms with Crippen molar-refractivity contribution in [1.82, 2.24) is 5.32 Å². The van der Waals surface area contributed by atoms with Gasteiger partial charge in [0.2, 0.25) is 0 Å². The summed E-state index contributed by atoms with van der Waals surface area (Å²) < 4.78 is 5.57. The lowest BCUT2D eigenvalue weighted by molar-refractivity contribution is 0.0909. The highest BCUT2D eigenvalue weighted by Gasteiger charge is 2.22. The minimum atomic E-state index is -0.545. The van der Waals surface area contributed by atoms with Gasteiger partial charge in [-0.2, -0.15) is 0 Å².